The predicted molar refractivity (Wildman–Crippen MR) is 50.7 cm³/mol. The Bertz CT molecular complexity index is 290. The molecule has 0 bridgehead atoms. The van der Waals surface area contributed by atoms with Crippen LogP contribution in [-0.2, 0) is 11.8 Å². The van der Waals surface area contributed by atoms with Crippen LogP contribution in [0, 0.1) is 0 Å². The highest BCUT2D eigenvalue weighted by atomic mass is 16.5. The highest BCUT2D eigenvalue weighted by molar-refractivity contribution is 5.41. The van der Waals surface area contributed by atoms with Crippen molar-refractivity contribution in [2.75, 3.05) is 36.9 Å². The average Bonchev–Trinajstić information content (AvgIpc) is 2.47. The van der Waals surface area contributed by atoms with E-state index >= 15 is 0 Å². The van der Waals surface area contributed by atoms with Gasteiger partial charge in [0.25, 0.3) is 0 Å². The molecule has 0 saturated carbocycles. The van der Waals surface area contributed by atoms with Crippen LogP contribution in [0.3, 0.4) is 0 Å². The molecule has 1 aliphatic rings. The first-order valence-electron chi connectivity index (χ1n) is 4.39. The molecule has 2 N–H and O–H groups in total. The summed E-state index contributed by atoms with van der Waals surface area (Å²) in [5.41, 5.74) is 5.60. The monoisotopic (exact) mass is 182 g/mol. The van der Waals surface area contributed by atoms with Crippen molar-refractivity contribution in [3.05, 3.63) is 6.20 Å². The maximum Gasteiger partial charge on any atom is 0.207 e. The Kier molecular flexibility index (Phi) is 2.10. The predicted octanol–water partition coefficient (Wildman–Crippen LogP) is -0.161. The molecule has 0 unspecified atom stereocenters. The Morgan fingerprint density at radius 1 is 1.46 bits per heavy atom. The molecule has 1 aromatic rings. The maximum absolute atomic E-state index is 5.60. The number of imidazole rings is 1. The van der Waals surface area contributed by atoms with Crippen molar-refractivity contribution in [3.8, 4) is 0 Å². The molecule has 2 rings (SSSR count). The summed E-state index contributed by atoms with van der Waals surface area (Å²) in [4.78, 5) is 6.43. The highest BCUT2D eigenvalue weighted by Crippen LogP contribution is 2.14. The molecule has 1 fully saturated rings. The first-order chi connectivity index (χ1) is 6.27. The first kappa shape index (κ1) is 8.37. The van der Waals surface area contributed by atoms with Crippen molar-refractivity contribution in [1.82, 2.24) is 9.55 Å². The number of nitrogens with two attached hydrogens (primary N) is 1. The molecule has 0 atom stereocenters. The molecule has 72 valence electrons. The number of aromatic nitrogens is 2. The summed E-state index contributed by atoms with van der Waals surface area (Å²) >= 11 is 0. The van der Waals surface area contributed by atoms with Crippen molar-refractivity contribution < 1.29 is 4.74 Å². The third kappa shape index (κ3) is 1.60. The van der Waals surface area contributed by atoms with Crippen LogP contribution in [0.4, 0.5) is 11.8 Å². The zero-order valence-electron chi connectivity index (χ0n) is 7.73. The maximum atomic E-state index is 5.60. The number of ether oxygens (including phenoxy) is 1. The smallest absolute Gasteiger partial charge is 0.207 e. The molecule has 5 nitrogen and oxygen atoms in total. The van der Waals surface area contributed by atoms with Crippen LogP contribution >= 0.6 is 0 Å². The lowest BCUT2D eigenvalue weighted by molar-refractivity contribution is 0.122. The Balaban J connectivity index is 2.18. The molecule has 0 radical (unpaired) electrons. The van der Waals surface area contributed by atoms with Crippen LogP contribution in [0.15, 0.2) is 6.20 Å². The fourth-order valence-electron chi connectivity index (χ4n) is 1.54. The summed E-state index contributed by atoms with van der Waals surface area (Å²) in [5, 5.41) is 0. The summed E-state index contributed by atoms with van der Waals surface area (Å²) < 4.78 is 7.20. The quantitative estimate of drug-likeness (QED) is 0.655. The van der Waals surface area contributed by atoms with E-state index in [1.54, 1.807) is 0 Å². The van der Waals surface area contributed by atoms with Gasteiger partial charge in [-0.25, -0.2) is 0 Å². The van der Waals surface area contributed by atoms with Gasteiger partial charge in [0.05, 0.1) is 13.2 Å². The second-order valence-electron chi connectivity index (χ2n) is 3.18. The van der Waals surface area contributed by atoms with Gasteiger partial charge in [0.2, 0.25) is 5.95 Å². The summed E-state index contributed by atoms with van der Waals surface area (Å²) in [6, 6.07) is 0. The molecule has 0 spiro atoms. The van der Waals surface area contributed by atoms with Gasteiger partial charge in [0.15, 0.2) is 0 Å². The molecule has 0 aliphatic carbocycles. The Morgan fingerprint density at radius 3 is 2.69 bits per heavy atom. The summed E-state index contributed by atoms with van der Waals surface area (Å²) in [5.74, 6) is 1.50. The molecular formula is C8H14N4O. The molecular weight excluding hydrogens is 168 g/mol. The molecule has 1 aliphatic heterocycles. The van der Waals surface area contributed by atoms with Crippen molar-refractivity contribution in [1.29, 1.82) is 0 Å². The van der Waals surface area contributed by atoms with Crippen LogP contribution in [-0.4, -0.2) is 35.9 Å². The molecule has 5 heteroatoms. The van der Waals surface area contributed by atoms with E-state index < -0.39 is 0 Å². The minimum Gasteiger partial charge on any atom is -0.382 e. The molecule has 1 aromatic heterocycles. The van der Waals surface area contributed by atoms with Crippen molar-refractivity contribution in [2.45, 2.75) is 0 Å². The standard InChI is InChI=1S/C8H14N4O/c1-11-6-7(9)10-8(11)12-2-4-13-5-3-12/h6H,2-5,9H2,1H3. The van der Waals surface area contributed by atoms with Crippen molar-refractivity contribution in [3.63, 3.8) is 0 Å². The Labute approximate surface area is 77.1 Å². The number of morpholine rings is 1. The number of rotatable bonds is 1. The van der Waals surface area contributed by atoms with Crippen LogP contribution in [0.2, 0.25) is 0 Å². The fourth-order valence-corrected chi connectivity index (χ4v) is 1.54. The van der Waals surface area contributed by atoms with Gasteiger partial charge in [0, 0.05) is 26.3 Å². The Hall–Kier alpha value is -1.23. The fraction of sp³-hybridized carbons (Fsp3) is 0.625. The number of aryl methyl sites for hydroxylation is 1. The van der Waals surface area contributed by atoms with E-state index in [2.05, 4.69) is 9.88 Å². The zero-order valence-corrected chi connectivity index (χ0v) is 7.73. The summed E-state index contributed by atoms with van der Waals surface area (Å²) in [7, 11) is 1.95. The van der Waals surface area contributed by atoms with E-state index in [0.29, 0.717) is 5.82 Å². The van der Waals surface area contributed by atoms with E-state index in [1.165, 1.54) is 0 Å². The van der Waals surface area contributed by atoms with E-state index in [-0.39, 0.29) is 0 Å². The largest absolute Gasteiger partial charge is 0.382 e. The number of anilines is 2. The van der Waals surface area contributed by atoms with Crippen molar-refractivity contribution in [2.24, 2.45) is 7.05 Å². The van der Waals surface area contributed by atoms with Crippen LogP contribution in [0.25, 0.3) is 0 Å². The molecule has 1 saturated heterocycles. The second-order valence-corrected chi connectivity index (χ2v) is 3.18. The number of nitrogen functional groups attached to an aromatic ring is 1. The van der Waals surface area contributed by atoms with Gasteiger partial charge in [-0.2, -0.15) is 4.98 Å². The summed E-state index contributed by atoms with van der Waals surface area (Å²) in [6.45, 7) is 3.33. The van der Waals surface area contributed by atoms with Gasteiger partial charge in [-0.1, -0.05) is 0 Å². The Morgan fingerprint density at radius 2 is 2.15 bits per heavy atom. The van der Waals surface area contributed by atoms with E-state index in [9.17, 15) is 0 Å². The third-order valence-corrected chi connectivity index (χ3v) is 2.16. The van der Waals surface area contributed by atoms with E-state index in [1.807, 2.05) is 17.8 Å². The number of hydrogen-bond acceptors (Lipinski definition) is 4. The van der Waals surface area contributed by atoms with Crippen LogP contribution in [0.5, 0.6) is 0 Å². The third-order valence-electron chi connectivity index (χ3n) is 2.16. The lowest BCUT2D eigenvalue weighted by Crippen LogP contribution is -2.37. The average molecular weight is 182 g/mol. The van der Waals surface area contributed by atoms with Gasteiger partial charge >= 0.3 is 0 Å². The van der Waals surface area contributed by atoms with Gasteiger partial charge < -0.3 is 19.9 Å². The minimum atomic E-state index is 0.573. The normalized spacial score (nSPS) is 17.8. The second kappa shape index (κ2) is 3.26. The lowest BCUT2D eigenvalue weighted by Gasteiger charge is -2.27. The molecule has 2 heterocycles. The topological polar surface area (TPSA) is 56.3 Å². The highest BCUT2D eigenvalue weighted by Gasteiger charge is 2.15. The van der Waals surface area contributed by atoms with Gasteiger partial charge in [-0.05, 0) is 0 Å². The number of hydrogen-bond donors (Lipinski definition) is 1. The molecule has 0 aromatic carbocycles. The molecule has 13 heavy (non-hydrogen) atoms. The minimum absolute atomic E-state index is 0.573. The van der Waals surface area contributed by atoms with Gasteiger partial charge in [-0.15, -0.1) is 0 Å². The van der Waals surface area contributed by atoms with Gasteiger partial charge in [0.1, 0.15) is 5.82 Å². The van der Waals surface area contributed by atoms with Gasteiger partial charge in [-0.3, -0.25) is 0 Å². The zero-order chi connectivity index (χ0) is 9.26. The van der Waals surface area contributed by atoms with Crippen LogP contribution < -0.4 is 10.6 Å². The summed E-state index contributed by atoms with van der Waals surface area (Å²) in [6.07, 6.45) is 1.82. The number of nitrogens with zero attached hydrogens (tertiary/aromatic N) is 3. The molecule has 0 amide bonds. The van der Waals surface area contributed by atoms with E-state index in [4.69, 9.17) is 10.5 Å². The lowest BCUT2D eigenvalue weighted by atomic mass is 10.4. The first-order valence-corrected chi connectivity index (χ1v) is 4.39. The van der Waals surface area contributed by atoms with Crippen molar-refractivity contribution >= 4 is 11.8 Å². The SMILES string of the molecule is Cn1cc(N)nc1N1CCOCC1. The van der Waals surface area contributed by atoms with E-state index in [0.717, 1.165) is 32.3 Å². The van der Waals surface area contributed by atoms with Crippen LogP contribution in [0.1, 0.15) is 0 Å².